The highest BCUT2D eigenvalue weighted by molar-refractivity contribution is 6.05. The number of nitrogens with one attached hydrogen (secondary N) is 2. The summed E-state index contributed by atoms with van der Waals surface area (Å²) in [5.41, 5.74) is 5.71. The number of hydrogen-bond donors (Lipinski definition) is 2. The van der Waals surface area contributed by atoms with Crippen LogP contribution in [0.5, 0.6) is 0 Å². The number of H-pyrrole nitrogens is 1. The van der Waals surface area contributed by atoms with Crippen LogP contribution in [0.3, 0.4) is 0 Å². The van der Waals surface area contributed by atoms with Gasteiger partial charge in [-0.1, -0.05) is 30.3 Å². The van der Waals surface area contributed by atoms with Gasteiger partial charge in [0.25, 0.3) is 5.91 Å². The van der Waals surface area contributed by atoms with Crippen molar-refractivity contribution >= 4 is 17.5 Å². The molecule has 3 heterocycles. The first-order valence-corrected chi connectivity index (χ1v) is 11.5. The minimum Gasteiger partial charge on any atom is -0.327 e. The lowest BCUT2D eigenvalue weighted by molar-refractivity contribution is -0.119. The highest BCUT2D eigenvalue weighted by atomic mass is 16.2. The highest BCUT2D eigenvalue weighted by Crippen LogP contribution is 2.31. The third kappa shape index (κ3) is 3.90. The van der Waals surface area contributed by atoms with Crippen molar-refractivity contribution in [1.82, 2.24) is 19.7 Å². The number of para-hydroxylation sites is 2. The molecule has 1 atom stereocenters. The second-order valence-corrected chi connectivity index (χ2v) is 8.61. The fraction of sp³-hybridized carbons (Fsp3) is 0.222. The molecule has 34 heavy (non-hydrogen) atoms. The van der Waals surface area contributed by atoms with Crippen LogP contribution in [0.2, 0.25) is 0 Å². The van der Waals surface area contributed by atoms with Crippen LogP contribution in [-0.2, 0) is 4.79 Å². The first-order chi connectivity index (χ1) is 16.5. The smallest absolute Gasteiger partial charge is 0.255 e. The largest absolute Gasteiger partial charge is 0.327 e. The Kier molecular flexibility index (Phi) is 5.76. The van der Waals surface area contributed by atoms with Gasteiger partial charge in [-0.2, -0.15) is 5.10 Å². The van der Waals surface area contributed by atoms with Crippen molar-refractivity contribution in [2.24, 2.45) is 0 Å². The summed E-state index contributed by atoms with van der Waals surface area (Å²) in [6, 6.07) is 18.6. The molecule has 7 heteroatoms. The average molecular weight is 454 g/mol. The van der Waals surface area contributed by atoms with Crippen molar-refractivity contribution in [3.8, 4) is 16.8 Å². The summed E-state index contributed by atoms with van der Waals surface area (Å²) in [5.74, 6) is -0.300. The standard InChI is InChI=1S/C27H27N5O2/c1-18-25(19(2)30-29-18)20-10-3-4-11-21(20)27(34)32-17-9-14-24(32)26(33)28-22-12-5-6-13-23(22)31-15-7-8-16-31/h3-8,10-13,15-16,24H,9,14,17H2,1-2H3,(H,28,33)(H,29,30)/t24-/m0/s1. The predicted octanol–water partition coefficient (Wildman–Crippen LogP) is 4.73. The van der Waals surface area contributed by atoms with E-state index in [1.165, 1.54) is 0 Å². The molecule has 7 nitrogen and oxygen atoms in total. The summed E-state index contributed by atoms with van der Waals surface area (Å²) in [5, 5.41) is 10.4. The van der Waals surface area contributed by atoms with Crippen molar-refractivity contribution < 1.29 is 9.59 Å². The van der Waals surface area contributed by atoms with Gasteiger partial charge in [-0.05, 0) is 62.6 Å². The lowest BCUT2D eigenvalue weighted by Crippen LogP contribution is -2.43. The van der Waals surface area contributed by atoms with Gasteiger partial charge < -0.3 is 14.8 Å². The predicted molar refractivity (Wildman–Crippen MR) is 132 cm³/mol. The number of carbonyl (C=O) groups is 2. The summed E-state index contributed by atoms with van der Waals surface area (Å²) < 4.78 is 1.96. The van der Waals surface area contributed by atoms with E-state index in [0.717, 1.165) is 34.6 Å². The lowest BCUT2D eigenvalue weighted by atomic mass is 9.97. The van der Waals surface area contributed by atoms with Crippen LogP contribution >= 0.6 is 0 Å². The molecule has 4 aromatic rings. The normalized spacial score (nSPS) is 15.5. The summed E-state index contributed by atoms with van der Waals surface area (Å²) >= 11 is 0. The van der Waals surface area contributed by atoms with Crippen molar-refractivity contribution in [2.75, 3.05) is 11.9 Å². The number of aryl methyl sites for hydroxylation is 2. The van der Waals surface area contributed by atoms with Crippen LogP contribution in [-0.4, -0.2) is 44.1 Å². The number of anilines is 1. The molecule has 1 aliphatic heterocycles. The van der Waals surface area contributed by atoms with E-state index in [-0.39, 0.29) is 11.8 Å². The van der Waals surface area contributed by atoms with Crippen molar-refractivity contribution in [3.05, 3.63) is 90.0 Å². The van der Waals surface area contributed by atoms with E-state index in [0.29, 0.717) is 24.2 Å². The SMILES string of the molecule is Cc1n[nH]c(C)c1-c1ccccc1C(=O)N1CCC[C@H]1C(=O)Nc1ccccc1-n1cccc1. The molecule has 2 amide bonds. The maximum Gasteiger partial charge on any atom is 0.255 e. The Labute approximate surface area is 198 Å². The van der Waals surface area contributed by atoms with E-state index >= 15 is 0 Å². The van der Waals surface area contributed by atoms with Gasteiger partial charge in [-0.15, -0.1) is 0 Å². The van der Waals surface area contributed by atoms with Gasteiger partial charge >= 0.3 is 0 Å². The number of benzene rings is 2. The topological polar surface area (TPSA) is 83.0 Å². The molecule has 1 fully saturated rings. The molecule has 0 radical (unpaired) electrons. The number of nitrogens with zero attached hydrogens (tertiary/aromatic N) is 3. The number of amides is 2. The zero-order valence-corrected chi connectivity index (χ0v) is 19.3. The Morgan fingerprint density at radius 3 is 2.50 bits per heavy atom. The molecule has 0 aliphatic carbocycles. The zero-order valence-electron chi connectivity index (χ0n) is 19.3. The van der Waals surface area contributed by atoms with E-state index in [9.17, 15) is 9.59 Å². The van der Waals surface area contributed by atoms with E-state index in [1.54, 1.807) is 4.90 Å². The molecule has 1 saturated heterocycles. The Morgan fingerprint density at radius 1 is 1.00 bits per heavy atom. The second kappa shape index (κ2) is 9.02. The molecule has 5 rings (SSSR count). The summed E-state index contributed by atoms with van der Waals surface area (Å²) in [6.07, 6.45) is 5.30. The third-order valence-corrected chi connectivity index (χ3v) is 6.42. The third-order valence-electron chi connectivity index (χ3n) is 6.42. The van der Waals surface area contributed by atoms with Gasteiger partial charge in [0.2, 0.25) is 5.91 Å². The molecule has 172 valence electrons. The van der Waals surface area contributed by atoms with Crippen molar-refractivity contribution in [2.45, 2.75) is 32.7 Å². The van der Waals surface area contributed by atoms with Crippen LogP contribution in [0.1, 0.15) is 34.6 Å². The number of likely N-dealkylation sites (tertiary alicyclic amines) is 1. The second-order valence-electron chi connectivity index (χ2n) is 8.61. The average Bonchev–Trinajstić information content (AvgIpc) is 3.61. The van der Waals surface area contributed by atoms with E-state index in [4.69, 9.17) is 0 Å². The summed E-state index contributed by atoms with van der Waals surface area (Å²) in [7, 11) is 0. The Balaban J connectivity index is 1.42. The Bertz CT molecular complexity index is 1320. The lowest BCUT2D eigenvalue weighted by Gasteiger charge is -2.25. The molecule has 2 aromatic carbocycles. The van der Waals surface area contributed by atoms with E-state index in [1.807, 2.05) is 91.5 Å². The number of aromatic amines is 1. The minimum absolute atomic E-state index is 0.132. The highest BCUT2D eigenvalue weighted by Gasteiger charge is 2.36. The molecule has 1 aliphatic rings. The van der Waals surface area contributed by atoms with Gasteiger partial charge in [-0.3, -0.25) is 14.7 Å². The molecular formula is C27H27N5O2. The zero-order chi connectivity index (χ0) is 23.7. The number of aromatic nitrogens is 3. The van der Waals surface area contributed by atoms with Crippen LogP contribution < -0.4 is 5.32 Å². The monoisotopic (exact) mass is 453 g/mol. The maximum atomic E-state index is 13.7. The van der Waals surface area contributed by atoms with Crippen molar-refractivity contribution in [1.29, 1.82) is 0 Å². The molecule has 0 spiro atoms. The molecule has 0 bridgehead atoms. The maximum absolute atomic E-state index is 13.7. The minimum atomic E-state index is -0.523. The van der Waals surface area contributed by atoms with Crippen LogP contribution in [0.4, 0.5) is 5.69 Å². The van der Waals surface area contributed by atoms with Gasteiger partial charge in [0, 0.05) is 35.8 Å². The number of rotatable bonds is 5. The summed E-state index contributed by atoms with van der Waals surface area (Å²) in [6.45, 7) is 4.42. The van der Waals surface area contributed by atoms with Gasteiger partial charge in [-0.25, -0.2) is 0 Å². The van der Waals surface area contributed by atoms with Gasteiger partial charge in [0.05, 0.1) is 17.1 Å². The van der Waals surface area contributed by atoms with Crippen LogP contribution in [0.25, 0.3) is 16.8 Å². The number of carbonyl (C=O) groups excluding carboxylic acids is 2. The fourth-order valence-electron chi connectivity index (χ4n) is 4.79. The van der Waals surface area contributed by atoms with Crippen LogP contribution in [0, 0.1) is 13.8 Å². The quantitative estimate of drug-likeness (QED) is 0.458. The van der Waals surface area contributed by atoms with Crippen molar-refractivity contribution in [3.63, 3.8) is 0 Å². The Morgan fingerprint density at radius 2 is 1.74 bits per heavy atom. The van der Waals surface area contributed by atoms with E-state index < -0.39 is 6.04 Å². The fourth-order valence-corrected chi connectivity index (χ4v) is 4.79. The Hall–Kier alpha value is -4.13. The molecule has 0 saturated carbocycles. The van der Waals surface area contributed by atoms with E-state index in [2.05, 4.69) is 15.5 Å². The van der Waals surface area contributed by atoms with Gasteiger partial charge in [0.15, 0.2) is 0 Å². The molecule has 2 N–H and O–H groups in total. The molecule has 2 aromatic heterocycles. The first kappa shape index (κ1) is 21.7. The van der Waals surface area contributed by atoms with Gasteiger partial charge in [0.1, 0.15) is 6.04 Å². The molecule has 0 unspecified atom stereocenters. The first-order valence-electron chi connectivity index (χ1n) is 11.5. The molecular weight excluding hydrogens is 426 g/mol. The number of hydrogen-bond acceptors (Lipinski definition) is 3. The summed E-state index contributed by atoms with van der Waals surface area (Å²) in [4.78, 5) is 28.8. The van der Waals surface area contributed by atoms with Crippen LogP contribution in [0.15, 0.2) is 73.1 Å².